The van der Waals surface area contributed by atoms with E-state index in [0.717, 1.165) is 30.5 Å². The van der Waals surface area contributed by atoms with E-state index in [-0.39, 0.29) is 18.0 Å². The van der Waals surface area contributed by atoms with Gasteiger partial charge < -0.3 is 5.32 Å². The minimum absolute atomic E-state index is 0.147. The Kier molecular flexibility index (Phi) is 4.53. The third-order valence-corrected chi connectivity index (χ3v) is 4.72. The van der Waals surface area contributed by atoms with E-state index in [1.54, 1.807) is 28.9 Å². The van der Waals surface area contributed by atoms with Crippen LogP contribution in [0.4, 0.5) is 5.69 Å². The lowest BCUT2D eigenvalue weighted by atomic mass is 9.90. The number of pyridine rings is 1. The molecule has 3 aromatic heterocycles. The molecule has 1 amide bonds. The third-order valence-electron chi connectivity index (χ3n) is 4.72. The minimum atomic E-state index is -0.326. The number of hydrogen-bond acceptors (Lipinski definition) is 5. The van der Waals surface area contributed by atoms with Gasteiger partial charge in [-0.25, -0.2) is 14.2 Å². The van der Waals surface area contributed by atoms with Crippen LogP contribution in [0.2, 0.25) is 0 Å². The van der Waals surface area contributed by atoms with Crippen molar-refractivity contribution in [1.82, 2.24) is 24.4 Å². The van der Waals surface area contributed by atoms with E-state index in [4.69, 9.17) is 0 Å². The van der Waals surface area contributed by atoms with Crippen LogP contribution in [0.1, 0.15) is 31.9 Å². The molecular weight excluding hydrogens is 344 g/mol. The molecule has 0 saturated carbocycles. The van der Waals surface area contributed by atoms with Crippen molar-refractivity contribution < 1.29 is 4.79 Å². The summed E-state index contributed by atoms with van der Waals surface area (Å²) in [5.41, 5.74) is 2.86. The minimum Gasteiger partial charge on any atom is -0.323 e. The second-order valence-corrected chi connectivity index (χ2v) is 6.85. The number of allylic oxidation sites excluding steroid dienone is 2. The quantitative estimate of drug-likeness (QED) is 0.765. The van der Waals surface area contributed by atoms with Crippen LogP contribution >= 0.6 is 0 Å². The zero-order valence-electron chi connectivity index (χ0n) is 15.0. The highest BCUT2D eigenvalue weighted by molar-refractivity contribution is 5.90. The first-order valence-electron chi connectivity index (χ1n) is 8.95. The van der Waals surface area contributed by atoms with Crippen LogP contribution in [0.15, 0.2) is 47.7 Å². The molecule has 8 heteroatoms. The van der Waals surface area contributed by atoms with Crippen molar-refractivity contribution in [3.63, 3.8) is 0 Å². The topological polar surface area (TPSA) is 94.2 Å². The molecule has 0 unspecified atom stereocenters. The lowest BCUT2D eigenvalue weighted by Crippen LogP contribution is -2.29. The highest BCUT2D eigenvalue weighted by atomic mass is 16.2. The van der Waals surface area contributed by atoms with Crippen LogP contribution in [0, 0.1) is 5.92 Å². The fourth-order valence-corrected chi connectivity index (χ4v) is 3.16. The number of amides is 1. The van der Waals surface area contributed by atoms with E-state index in [9.17, 15) is 9.59 Å². The molecule has 0 radical (unpaired) electrons. The summed E-state index contributed by atoms with van der Waals surface area (Å²) in [5.74, 6) is 0.347. The molecule has 1 N–H and O–H groups in total. The van der Waals surface area contributed by atoms with E-state index in [1.807, 2.05) is 0 Å². The maximum absolute atomic E-state index is 12.4. The van der Waals surface area contributed by atoms with Crippen LogP contribution in [0.25, 0.3) is 11.2 Å². The number of fused-ring (bicyclic) bond motifs is 1. The van der Waals surface area contributed by atoms with Crippen LogP contribution in [0.3, 0.4) is 0 Å². The number of carbonyl (C=O) groups is 1. The molecule has 8 nitrogen and oxygen atoms in total. The number of hydrogen-bond donors (Lipinski definition) is 1. The van der Waals surface area contributed by atoms with Gasteiger partial charge in [-0.1, -0.05) is 13.0 Å². The van der Waals surface area contributed by atoms with Gasteiger partial charge in [-0.3, -0.25) is 9.59 Å². The monoisotopic (exact) mass is 364 g/mol. The second-order valence-electron chi connectivity index (χ2n) is 6.85. The van der Waals surface area contributed by atoms with Crippen molar-refractivity contribution >= 4 is 22.8 Å². The van der Waals surface area contributed by atoms with Gasteiger partial charge in [-0.2, -0.15) is 10.2 Å². The summed E-state index contributed by atoms with van der Waals surface area (Å²) in [7, 11) is 0. The van der Waals surface area contributed by atoms with Gasteiger partial charge in [0.25, 0.3) is 5.56 Å². The normalized spacial score (nSPS) is 16.9. The molecule has 0 aromatic carbocycles. The molecule has 1 aliphatic rings. The van der Waals surface area contributed by atoms with Gasteiger partial charge in [0.2, 0.25) is 5.91 Å². The van der Waals surface area contributed by atoms with Gasteiger partial charge in [0.05, 0.1) is 17.6 Å². The van der Waals surface area contributed by atoms with Gasteiger partial charge in [-0.15, -0.1) is 0 Å². The van der Waals surface area contributed by atoms with E-state index < -0.39 is 0 Å². The standard InChI is InChI=1S/C19H20N6O2/c1-13-2-4-14(5-3-13)16-7-9-19(27)25(23-16)11-18(26)22-15-6-8-17-20-12-21-24(17)10-15/h4,6-10,12-13H,2-3,5,11H2,1H3,(H,22,26)/t13-/m0/s1. The van der Waals surface area contributed by atoms with Crippen LogP contribution in [-0.4, -0.2) is 30.3 Å². The molecule has 0 fully saturated rings. The average Bonchev–Trinajstić information content (AvgIpc) is 3.12. The fraction of sp³-hybridized carbons (Fsp3) is 0.316. The highest BCUT2D eigenvalue weighted by Crippen LogP contribution is 2.28. The molecule has 27 heavy (non-hydrogen) atoms. The van der Waals surface area contributed by atoms with Crippen LogP contribution in [-0.2, 0) is 11.3 Å². The molecule has 3 aromatic rings. The van der Waals surface area contributed by atoms with Crippen molar-refractivity contribution in [2.75, 3.05) is 5.32 Å². The number of anilines is 1. The van der Waals surface area contributed by atoms with Gasteiger partial charge in [0.15, 0.2) is 5.65 Å². The van der Waals surface area contributed by atoms with Crippen LogP contribution in [0.5, 0.6) is 0 Å². The van der Waals surface area contributed by atoms with Crippen LogP contribution < -0.4 is 10.9 Å². The van der Waals surface area contributed by atoms with E-state index in [0.29, 0.717) is 17.3 Å². The van der Waals surface area contributed by atoms with Crippen molar-refractivity contribution in [3.8, 4) is 0 Å². The van der Waals surface area contributed by atoms with Gasteiger partial charge in [0.1, 0.15) is 12.9 Å². The van der Waals surface area contributed by atoms with Gasteiger partial charge in [-0.05, 0) is 49.0 Å². The molecule has 138 valence electrons. The average molecular weight is 364 g/mol. The number of carbonyl (C=O) groups excluding carboxylic acids is 1. The summed E-state index contributed by atoms with van der Waals surface area (Å²) in [6.45, 7) is 2.08. The molecule has 1 atom stereocenters. The third kappa shape index (κ3) is 3.79. The first-order valence-corrected chi connectivity index (χ1v) is 8.95. The molecule has 0 aliphatic heterocycles. The second kappa shape index (κ2) is 7.14. The lowest BCUT2D eigenvalue weighted by molar-refractivity contribution is -0.117. The summed E-state index contributed by atoms with van der Waals surface area (Å²) in [5, 5.41) is 11.2. The predicted octanol–water partition coefficient (Wildman–Crippen LogP) is 2.13. The summed E-state index contributed by atoms with van der Waals surface area (Å²) in [4.78, 5) is 28.5. The number of nitrogens with one attached hydrogen (secondary N) is 1. The first kappa shape index (κ1) is 17.1. The Morgan fingerprint density at radius 3 is 3.00 bits per heavy atom. The summed E-state index contributed by atoms with van der Waals surface area (Å²) in [6.07, 6.45) is 8.35. The SMILES string of the molecule is C[C@H]1CC=C(c2ccc(=O)n(CC(=O)Nc3ccc4ncnn4c3)n2)CC1. The largest absolute Gasteiger partial charge is 0.323 e. The number of rotatable bonds is 4. The molecule has 0 saturated heterocycles. The molecule has 1 aliphatic carbocycles. The zero-order valence-corrected chi connectivity index (χ0v) is 15.0. The molecular formula is C19H20N6O2. The molecule has 4 rings (SSSR count). The Morgan fingerprint density at radius 1 is 1.30 bits per heavy atom. The number of nitrogens with zero attached hydrogens (tertiary/aromatic N) is 5. The first-order chi connectivity index (χ1) is 13.1. The maximum Gasteiger partial charge on any atom is 0.267 e. The van der Waals surface area contributed by atoms with Crippen molar-refractivity contribution in [2.24, 2.45) is 5.92 Å². The van der Waals surface area contributed by atoms with E-state index in [1.165, 1.54) is 17.1 Å². The summed E-state index contributed by atoms with van der Waals surface area (Å²) < 4.78 is 2.77. The smallest absolute Gasteiger partial charge is 0.267 e. The van der Waals surface area contributed by atoms with E-state index in [2.05, 4.69) is 33.5 Å². The lowest BCUT2D eigenvalue weighted by Gasteiger charge is -2.18. The van der Waals surface area contributed by atoms with Crippen molar-refractivity contribution in [1.29, 1.82) is 0 Å². The van der Waals surface area contributed by atoms with E-state index >= 15 is 0 Å². The molecule has 0 bridgehead atoms. The Balaban J connectivity index is 1.50. The number of aromatic nitrogens is 5. The Labute approximate surface area is 155 Å². The Bertz CT molecular complexity index is 1080. The van der Waals surface area contributed by atoms with Gasteiger partial charge in [0, 0.05) is 6.07 Å². The van der Waals surface area contributed by atoms with Gasteiger partial charge >= 0.3 is 0 Å². The summed E-state index contributed by atoms with van der Waals surface area (Å²) >= 11 is 0. The summed E-state index contributed by atoms with van der Waals surface area (Å²) in [6, 6.07) is 6.69. The maximum atomic E-state index is 12.4. The molecule has 3 heterocycles. The predicted molar refractivity (Wildman–Crippen MR) is 101 cm³/mol. The highest BCUT2D eigenvalue weighted by Gasteiger charge is 2.14. The fourth-order valence-electron chi connectivity index (χ4n) is 3.16. The molecule has 0 spiro atoms. The van der Waals surface area contributed by atoms with Crippen molar-refractivity contribution in [2.45, 2.75) is 32.7 Å². The van der Waals surface area contributed by atoms with Crippen molar-refractivity contribution in [3.05, 3.63) is 58.9 Å². The Hall–Kier alpha value is -3.29. The zero-order chi connectivity index (χ0) is 18.8. The Morgan fingerprint density at radius 2 is 2.19 bits per heavy atom.